The van der Waals surface area contributed by atoms with Gasteiger partial charge in [-0.25, -0.2) is 0 Å². The largest absolute Gasteiger partial charge is 0.315 e. The summed E-state index contributed by atoms with van der Waals surface area (Å²) in [6.45, 7) is 3.59. The molecule has 4 heteroatoms. The van der Waals surface area contributed by atoms with Gasteiger partial charge < -0.3 is 5.32 Å². The summed E-state index contributed by atoms with van der Waals surface area (Å²) in [5, 5.41) is 3.34. The first-order valence-corrected chi connectivity index (χ1v) is 7.76. The number of carbonyl (C=O) groups is 2. The molecule has 2 fully saturated rings. The van der Waals surface area contributed by atoms with Gasteiger partial charge in [0.15, 0.2) is 0 Å². The summed E-state index contributed by atoms with van der Waals surface area (Å²) in [5.41, 5.74) is 0.234. The van der Waals surface area contributed by atoms with Gasteiger partial charge in [-0.2, -0.15) is 0 Å². The van der Waals surface area contributed by atoms with Crippen molar-refractivity contribution in [2.24, 2.45) is 0 Å². The molecule has 0 aromatic heterocycles. The zero-order valence-electron chi connectivity index (χ0n) is 12.5. The van der Waals surface area contributed by atoms with E-state index in [4.69, 9.17) is 0 Å². The number of amides is 2. The predicted molar refractivity (Wildman–Crippen MR) is 80.8 cm³/mol. The number of likely N-dealkylation sites (tertiary alicyclic amines) is 1. The quantitative estimate of drug-likeness (QED) is 0.844. The van der Waals surface area contributed by atoms with E-state index in [-0.39, 0.29) is 24.3 Å². The number of benzene rings is 1. The third-order valence-corrected chi connectivity index (χ3v) is 4.76. The number of rotatable bonds is 2. The second kappa shape index (κ2) is 5.60. The Hall–Kier alpha value is -1.68. The zero-order chi connectivity index (χ0) is 14.9. The van der Waals surface area contributed by atoms with E-state index in [9.17, 15) is 9.59 Å². The van der Waals surface area contributed by atoms with E-state index in [0.717, 1.165) is 37.9 Å². The lowest BCUT2D eigenvalue weighted by Crippen LogP contribution is -2.47. The highest BCUT2D eigenvalue weighted by atomic mass is 16.2. The Morgan fingerprint density at radius 2 is 1.95 bits per heavy atom. The molecule has 21 heavy (non-hydrogen) atoms. The number of hydrogen-bond donors (Lipinski definition) is 1. The molecule has 0 saturated carbocycles. The smallest absolute Gasteiger partial charge is 0.240 e. The van der Waals surface area contributed by atoms with Crippen molar-refractivity contribution in [2.75, 3.05) is 13.1 Å². The first kappa shape index (κ1) is 14.3. The molecule has 2 heterocycles. The van der Waals surface area contributed by atoms with Gasteiger partial charge in [0.05, 0.1) is 11.5 Å². The lowest BCUT2D eigenvalue weighted by molar-refractivity contribution is -0.142. The van der Waals surface area contributed by atoms with Gasteiger partial charge in [0.2, 0.25) is 11.8 Å². The summed E-state index contributed by atoms with van der Waals surface area (Å²) in [4.78, 5) is 26.9. The van der Waals surface area contributed by atoms with Crippen molar-refractivity contribution in [1.82, 2.24) is 10.2 Å². The van der Waals surface area contributed by atoms with Crippen molar-refractivity contribution in [2.45, 2.75) is 44.1 Å². The minimum Gasteiger partial charge on any atom is -0.315 e. The van der Waals surface area contributed by atoms with Gasteiger partial charge >= 0.3 is 0 Å². The summed E-state index contributed by atoms with van der Waals surface area (Å²) in [6.07, 6.45) is 3.38. The Labute approximate surface area is 125 Å². The molecule has 0 aliphatic carbocycles. The summed E-state index contributed by atoms with van der Waals surface area (Å²) in [5.74, 6) is -0.0625. The highest BCUT2D eigenvalue weighted by Gasteiger charge is 2.51. The van der Waals surface area contributed by atoms with Gasteiger partial charge in [-0.1, -0.05) is 36.8 Å². The van der Waals surface area contributed by atoms with Gasteiger partial charge in [0.25, 0.3) is 0 Å². The Morgan fingerprint density at radius 1 is 1.19 bits per heavy atom. The summed E-state index contributed by atoms with van der Waals surface area (Å²) in [6, 6.07) is 9.68. The van der Waals surface area contributed by atoms with E-state index in [2.05, 4.69) is 5.32 Å². The Morgan fingerprint density at radius 3 is 2.71 bits per heavy atom. The van der Waals surface area contributed by atoms with Crippen molar-refractivity contribution in [3.8, 4) is 0 Å². The fourth-order valence-corrected chi connectivity index (χ4v) is 3.46. The van der Waals surface area contributed by atoms with Gasteiger partial charge in [-0.3, -0.25) is 14.5 Å². The maximum absolute atomic E-state index is 12.9. The van der Waals surface area contributed by atoms with Crippen LogP contribution in [0.15, 0.2) is 30.3 Å². The molecule has 0 bridgehead atoms. The third kappa shape index (κ3) is 2.48. The number of hydrogen-bond acceptors (Lipinski definition) is 3. The molecule has 0 spiro atoms. The van der Waals surface area contributed by atoms with E-state index in [1.165, 1.54) is 4.90 Å². The van der Waals surface area contributed by atoms with E-state index in [0.29, 0.717) is 0 Å². The van der Waals surface area contributed by atoms with Crippen molar-refractivity contribution in [3.05, 3.63) is 35.9 Å². The maximum atomic E-state index is 12.9. The number of nitrogens with zero attached hydrogens (tertiary/aromatic N) is 1. The second-order valence-electron chi connectivity index (χ2n) is 6.30. The molecular weight excluding hydrogens is 264 g/mol. The molecule has 2 aliphatic rings. The molecule has 1 N–H and O–H groups in total. The normalized spacial score (nSPS) is 30.5. The predicted octanol–water partition coefficient (Wildman–Crippen LogP) is 1.85. The van der Waals surface area contributed by atoms with Gasteiger partial charge in [-0.05, 0) is 31.9 Å². The molecule has 2 saturated heterocycles. The average molecular weight is 286 g/mol. The highest BCUT2D eigenvalue weighted by molar-refractivity contribution is 6.09. The summed E-state index contributed by atoms with van der Waals surface area (Å²) >= 11 is 0. The molecule has 2 unspecified atom stereocenters. The fraction of sp³-hybridized carbons (Fsp3) is 0.529. The zero-order valence-corrected chi connectivity index (χ0v) is 12.5. The molecule has 2 amide bonds. The molecule has 1 aromatic rings. The first-order valence-electron chi connectivity index (χ1n) is 7.76. The standard InChI is InChI=1S/C17H22N2O2/c1-17(13-7-3-2-4-8-13)11-15(20)19(16(17)21)14-9-5-6-10-18-12-14/h2-4,7-8,14,18H,5-6,9-12H2,1H3. The maximum Gasteiger partial charge on any atom is 0.240 e. The molecule has 2 atom stereocenters. The summed E-state index contributed by atoms with van der Waals surface area (Å²) in [7, 11) is 0. The van der Waals surface area contributed by atoms with Crippen molar-refractivity contribution in [1.29, 1.82) is 0 Å². The average Bonchev–Trinajstić information content (AvgIpc) is 2.69. The van der Waals surface area contributed by atoms with E-state index in [1.54, 1.807) is 0 Å². The number of carbonyl (C=O) groups excluding carboxylic acids is 2. The van der Waals surface area contributed by atoms with Crippen LogP contribution in [-0.4, -0.2) is 35.8 Å². The molecular formula is C17H22N2O2. The van der Waals surface area contributed by atoms with Crippen LogP contribution in [0.1, 0.15) is 38.2 Å². The minimum absolute atomic E-state index is 0.0121. The van der Waals surface area contributed by atoms with Crippen LogP contribution in [0, 0.1) is 0 Å². The van der Waals surface area contributed by atoms with E-state index < -0.39 is 5.41 Å². The van der Waals surface area contributed by atoms with Crippen LogP contribution in [0.25, 0.3) is 0 Å². The van der Waals surface area contributed by atoms with E-state index in [1.807, 2.05) is 37.3 Å². The first-order chi connectivity index (χ1) is 10.1. The lowest BCUT2D eigenvalue weighted by Gasteiger charge is -2.28. The molecule has 4 nitrogen and oxygen atoms in total. The Kier molecular flexibility index (Phi) is 3.81. The van der Waals surface area contributed by atoms with Crippen LogP contribution in [0.3, 0.4) is 0 Å². The Bertz CT molecular complexity index is 535. The molecule has 112 valence electrons. The molecule has 1 aromatic carbocycles. The minimum atomic E-state index is -0.704. The van der Waals surface area contributed by atoms with Crippen LogP contribution in [0.5, 0.6) is 0 Å². The monoisotopic (exact) mass is 286 g/mol. The SMILES string of the molecule is CC1(c2ccccc2)CC(=O)N(C2CCCCNC2)C1=O. The van der Waals surface area contributed by atoms with Crippen molar-refractivity contribution >= 4 is 11.8 Å². The van der Waals surface area contributed by atoms with Crippen LogP contribution in [0.4, 0.5) is 0 Å². The van der Waals surface area contributed by atoms with Crippen LogP contribution >= 0.6 is 0 Å². The van der Waals surface area contributed by atoms with Crippen molar-refractivity contribution in [3.63, 3.8) is 0 Å². The van der Waals surface area contributed by atoms with Gasteiger partial charge in [-0.15, -0.1) is 0 Å². The lowest BCUT2D eigenvalue weighted by atomic mass is 9.81. The van der Waals surface area contributed by atoms with Gasteiger partial charge in [0.1, 0.15) is 0 Å². The van der Waals surface area contributed by atoms with Crippen molar-refractivity contribution < 1.29 is 9.59 Å². The molecule has 0 radical (unpaired) electrons. The number of imide groups is 1. The fourth-order valence-electron chi connectivity index (χ4n) is 3.46. The van der Waals surface area contributed by atoms with E-state index >= 15 is 0 Å². The molecule has 3 rings (SSSR count). The van der Waals surface area contributed by atoms with Crippen LogP contribution in [-0.2, 0) is 15.0 Å². The van der Waals surface area contributed by atoms with Crippen LogP contribution < -0.4 is 5.32 Å². The summed E-state index contributed by atoms with van der Waals surface area (Å²) < 4.78 is 0. The molecule has 2 aliphatic heterocycles. The Balaban J connectivity index is 1.88. The highest BCUT2D eigenvalue weighted by Crippen LogP contribution is 2.37. The third-order valence-electron chi connectivity index (χ3n) is 4.76. The van der Waals surface area contributed by atoms with Crippen LogP contribution in [0.2, 0.25) is 0 Å². The topological polar surface area (TPSA) is 49.4 Å². The van der Waals surface area contributed by atoms with Gasteiger partial charge in [0, 0.05) is 13.0 Å². The number of nitrogens with one attached hydrogen (secondary N) is 1. The second-order valence-corrected chi connectivity index (χ2v) is 6.30.